The molecule has 15 heavy (non-hydrogen) atoms. The number of rotatable bonds is 5. The number of hydrogen-bond donors (Lipinski definition) is 1. The van der Waals surface area contributed by atoms with Crippen molar-refractivity contribution in [3.05, 3.63) is 35.9 Å². The standard InChI is InChI=1S/C12H15NO2/c1-15-12-6-4-11(5-7-12)3-2-8-13-9-10-14/h2-8,14H,9-10H2,1H3/b3-2+,13-8?. The summed E-state index contributed by atoms with van der Waals surface area (Å²) >= 11 is 0. The van der Waals surface area contributed by atoms with E-state index in [2.05, 4.69) is 4.99 Å². The fraction of sp³-hybridized carbons (Fsp3) is 0.250. The minimum atomic E-state index is 0.0902. The predicted molar refractivity (Wildman–Crippen MR) is 62.5 cm³/mol. The van der Waals surface area contributed by atoms with E-state index in [1.807, 2.05) is 36.4 Å². The van der Waals surface area contributed by atoms with E-state index in [0.29, 0.717) is 6.54 Å². The normalized spacial score (nSPS) is 11.3. The Bertz CT molecular complexity index is 328. The molecule has 0 atom stereocenters. The number of aliphatic hydroxyl groups is 1. The minimum Gasteiger partial charge on any atom is -0.497 e. The Hall–Kier alpha value is -1.61. The van der Waals surface area contributed by atoms with Crippen molar-refractivity contribution < 1.29 is 9.84 Å². The molecule has 1 aromatic carbocycles. The average molecular weight is 205 g/mol. The molecule has 0 bridgehead atoms. The van der Waals surface area contributed by atoms with Gasteiger partial charge in [-0.25, -0.2) is 0 Å². The predicted octanol–water partition coefficient (Wildman–Crippen LogP) is 1.77. The van der Waals surface area contributed by atoms with Crippen LogP contribution < -0.4 is 4.74 Å². The van der Waals surface area contributed by atoms with E-state index in [0.717, 1.165) is 11.3 Å². The minimum absolute atomic E-state index is 0.0902. The van der Waals surface area contributed by atoms with E-state index < -0.39 is 0 Å². The van der Waals surface area contributed by atoms with Gasteiger partial charge in [-0.15, -0.1) is 0 Å². The monoisotopic (exact) mass is 205 g/mol. The fourth-order valence-corrected chi connectivity index (χ4v) is 1.06. The average Bonchev–Trinajstić information content (AvgIpc) is 2.30. The Kier molecular flexibility index (Phi) is 5.19. The van der Waals surface area contributed by atoms with E-state index in [-0.39, 0.29) is 6.61 Å². The smallest absolute Gasteiger partial charge is 0.118 e. The summed E-state index contributed by atoms with van der Waals surface area (Å²) in [5.74, 6) is 0.848. The molecule has 0 aliphatic carbocycles. The molecule has 0 saturated heterocycles. The topological polar surface area (TPSA) is 41.8 Å². The summed E-state index contributed by atoms with van der Waals surface area (Å²) in [6, 6.07) is 7.75. The highest BCUT2D eigenvalue weighted by Crippen LogP contribution is 2.11. The molecular weight excluding hydrogens is 190 g/mol. The lowest BCUT2D eigenvalue weighted by Gasteiger charge is -1.98. The van der Waals surface area contributed by atoms with Crippen molar-refractivity contribution in [1.82, 2.24) is 0 Å². The van der Waals surface area contributed by atoms with Gasteiger partial charge < -0.3 is 9.84 Å². The van der Waals surface area contributed by atoms with Gasteiger partial charge in [0.25, 0.3) is 0 Å². The lowest BCUT2D eigenvalue weighted by atomic mass is 10.2. The van der Waals surface area contributed by atoms with Gasteiger partial charge in [0.2, 0.25) is 0 Å². The third-order valence-corrected chi connectivity index (χ3v) is 1.83. The van der Waals surface area contributed by atoms with Gasteiger partial charge in [0.1, 0.15) is 5.75 Å². The summed E-state index contributed by atoms with van der Waals surface area (Å²) in [7, 11) is 1.65. The van der Waals surface area contributed by atoms with E-state index in [4.69, 9.17) is 9.84 Å². The van der Waals surface area contributed by atoms with E-state index in [9.17, 15) is 0 Å². The maximum absolute atomic E-state index is 8.49. The highest BCUT2D eigenvalue weighted by atomic mass is 16.5. The Labute approximate surface area is 89.7 Å². The zero-order valence-electron chi connectivity index (χ0n) is 8.76. The first-order chi connectivity index (χ1) is 7.36. The molecule has 0 radical (unpaired) electrons. The van der Waals surface area contributed by atoms with E-state index in [1.165, 1.54) is 0 Å². The molecular formula is C12H15NO2. The Morgan fingerprint density at radius 1 is 1.33 bits per heavy atom. The van der Waals surface area contributed by atoms with Crippen molar-refractivity contribution in [2.45, 2.75) is 0 Å². The number of aliphatic hydroxyl groups excluding tert-OH is 1. The van der Waals surface area contributed by atoms with Crippen molar-refractivity contribution in [3.63, 3.8) is 0 Å². The van der Waals surface area contributed by atoms with Gasteiger partial charge >= 0.3 is 0 Å². The molecule has 3 nitrogen and oxygen atoms in total. The molecule has 0 aromatic heterocycles. The molecule has 0 fully saturated rings. The molecule has 1 aromatic rings. The van der Waals surface area contributed by atoms with Crippen molar-refractivity contribution in [2.75, 3.05) is 20.3 Å². The van der Waals surface area contributed by atoms with Crippen LogP contribution in [0.15, 0.2) is 35.3 Å². The quantitative estimate of drug-likeness (QED) is 0.744. The SMILES string of the molecule is COc1ccc(/C=C/C=NCCO)cc1. The maximum Gasteiger partial charge on any atom is 0.118 e. The third kappa shape index (κ3) is 4.42. The summed E-state index contributed by atoms with van der Waals surface area (Å²) in [6.07, 6.45) is 5.47. The van der Waals surface area contributed by atoms with Crippen LogP contribution in [-0.4, -0.2) is 31.6 Å². The van der Waals surface area contributed by atoms with Crippen LogP contribution in [0.25, 0.3) is 6.08 Å². The molecule has 0 heterocycles. The number of allylic oxidation sites excluding steroid dienone is 1. The maximum atomic E-state index is 8.49. The molecule has 0 unspecified atom stereocenters. The van der Waals surface area contributed by atoms with Gasteiger partial charge in [0.05, 0.1) is 20.3 Å². The first-order valence-corrected chi connectivity index (χ1v) is 4.78. The number of hydrogen-bond acceptors (Lipinski definition) is 3. The number of ether oxygens (including phenoxy) is 1. The van der Waals surface area contributed by atoms with Gasteiger partial charge in [-0.1, -0.05) is 18.2 Å². The van der Waals surface area contributed by atoms with E-state index in [1.54, 1.807) is 13.3 Å². The zero-order chi connectivity index (χ0) is 10.9. The van der Waals surface area contributed by atoms with Gasteiger partial charge in [-0.2, -0.15) is 0 Å². The van der Waals surface area contributed by atoms with Crippen LogP contribution in [0.3, 0.4) is 0 Å². The van der Waals surface area contributed by atoms with Crippen LogP contribution in [0.4, 0.5) is 0 Å². The van der Waals surface area contributed by atoms with E-state index >= 15 is 0 Å². The van der Waals surface area contributed by atoms with Crippen LogP contribution in [0.5, 0.6) is 5.75 Å². The molecule has 0 spiro atoms. The number of nitrogens with zero attached hydrogens (tertiary/aromatic N) is 1. The molecule has 3 heteroatoms. The van der Waals surface area contributed by atoms with Crippen LogP contribution in [0.2, 0.25) is 0 Å². The molecule has 0 amide bonds. The van der Waals surface area contributed by atoms with Crippen LogP contribution in [-0.2, 0) is 0 Å². The summed E-state index contributed by atoms with van der Waals surface area (Å²) in [6.45, 7) is 0.541. The Morgan fingerprint density at radius 3 is 2.67 bits per heavy atom. The largest absolute Gasteiger partial charge is 0.497 e. The Morgan fingerprint density at radius 2 is 2.07 bits per heavy atom. The second kappa shape index (κ2) is 6.79. The summed E-state index contributed by atoms with van der Waals surface area (Å²) < 4.78 is 5.05. The highest BCUT2D eigenvalue weighted by molar-refractivity contribution is 5.78. The van der Waals surface area contributed by atoms with Gasteiger partial charge in [-0.05, 0) is 23.8 Å². The number of methoxy groups -OCH3 is 1. The first-order valence-electron chi connectivity index (χ1n) is 4.78. The fourth-order valence-electron chi connectivity index (χ4n) is 1.06. The van der Waals surface area contributed by atoms with Gasteiger partial charge in [0, 0.05) is 6.21 Å². The Balaban J connectivity index is 2.49. The summed E-state index contributed by atoms with van der Waals surface area (Å²) in [5, 5.41) is 8.49. The molecule has 0 aliphatic heterocycles. The third-order valence-electron chi connectivity index (χ3n) is 1.83. The zero-order valence-corrected chi connectivity index (χ0v) is 8.76. The highest BCUT2D eigenvalue weighted by Gasteiger charge is 1.88. The van der Waals surface area contributed by atoms with Crippen LogP contribution in [0, 0.1) is 0 Å². The number of benzene rings is 1. The molecule has 0 aliphatic rings. The van der Waals surface area contributed by atoms with Crippen molar-refractivity contribution in [3.8, 4) is 5.75 Å². The lowest BCUT2D eigenvalue weighted by molar-refractivity contribution is 0.307. The van der Waals surface area contributed by atoms with Crippen molar-refractivity contribution in [2.24, 2.45) is 4.99 Å². The molecule has 1 N–H and O–H groups in total. The van der Waals surface area contributed by atoms with Gasteiger partial charge in [0.15, 0.2) is 0 Å². The summed E-state index contributed by atoms with van der Waals surface area (Å²) in [4.78, 5) is 3.95. The van der Waals surface area contributed by atoms with Crippen molar-refractivity contribution >= 4 is 12.3 Å². The second-order valence-corrected chi connectivity index (χ2v) is 2.91. The van der Waals surface area contributed by atoms with Gasteiger partial charge in [-0.3, -0.25) is 4.99 Å². The number of aliphatic imine (C=N–C) groups is 1. The van der Waals surface area contributed by atoms with Crippen molar-refractivity contribution in [1.29, 1.82) is 0 Å². The second-order valence-electron chi connectivity index (χ2n) is 2.91. The summed E-state index contributed by atoms with van der Waals surface area (Å²) in [5.41, 5.74) is 1.09. The molecule has 1 rings (SSSR count). The molecule has 80 valence electrons. The lowest BCUT2D eigenvalue weighted by Crippen LogP contribution is -1.86. The van der Waals surface area contributed by atoms with Crippen LogP contribution >= 0.6 is 0 Å². The molecule has 0 saturated carbocycles. The first kappa shape index (κ1) is 11.5. The van der Waals surface area contributed by atoms with Crippen LogP contribution in [0.1, 0.15) is 5.56 Å².